The van der Waals surface area contributed by atoms with E-state index < -0.39 is 0 Å². The Kier molecular flexibility index (Phi) is 4.58. The third-order valence-electron chi connectivity index (χ3n) is 2.68. The van der Waals surface area contributed by atoms with E-state index in [1.54, 1.807) is 12.1 Å². The highest BCUT2D eigenvalue weighted by atomic mass is 16.3. The summed E-state index contributed by atoms with van der Waals surface area (Å²) in [5, 5.41) is 14.5. The molecule has 0 aliphatic heterocycles. The second-order valence-electron chi connectivity index (χ2n) is 4.13. The van der Waals surface area contributed by atoms with Gasteiger partial charge in [-0.1, -0.05) is 6.07 Å². The molecule has 0 radical (unpaired) electrons. The highest BCUT2D eigenvalue weighted by Crippen LogP contribution is 2.12. The lowest BCUT2D eigenvalue weighted by molar-refractivity contribution is 0.0945. The molecule has 1 heterocycles. The minimum atomic E-state index is -0.181. The van der Waals surface area contributed by atoms with Crippen molar-refractivity contribution in [2.45, 2.75) is 6.54 Å². The van der Waals surface area contributed by atoms with Crippen LogP contribution in [0, 0.1) is 0 Å². The fraction of sp³-hybridized carbons (Fsp3) is 0.214. The lowest BCUT2D eigenvalue weighted by Gasteiger charge is -2.08. The Bertz CT molecular complexity index is 523. The smallest absolute Gasteiger partial charge is 0.251 e. The first-order valence-electron chi connectivity index (χ1n) is 6.14. The molecular weight excluding hydrogens is 242 g/mol. The average molecular weight is 259 g/mol. The number of aromatic amines is 1. The molecule has 0 bridgehead atoms. The van der Waals surface area contributed by atoms with Gasteiger partial charge in [-0.25, -0.2) is 0 Å². The van der Waals surface area contributed by atoms with E-state index in [0.29, 0.717) is 12.1 Å². The number of carbonyl (C=O) groups excluding carboxylic acids is 1. The standard InChI is InChI=1S/C14H17N3O2/c18-7-6-16-14(19)12-2-1-3-13(8-12)17-10-11-4-5-15-9-11/h1-5,8-9,15,17-18H,6-7,10H2,(H,16,19). The first-order valence-corrected chi connectivity index (χ1v) is 6.14. The molecular formula is C14H17N3O2. The van der Waals surface area contributed by atoms with Gasteiger partial charge in [-0.05, 0) is 29.8 Å². The monoisotopic (exact) mass is 259 g/mol. The predicted octanol–water partition coefficient (Wildman–Crippen LogP) is 1.35. The van der Waals surface area contributed by atoms with Crippen molar-refractivity contribution in [3.63, 3.8) is 0 Å². The van der Waals surface area contributed by atoms with Crippen LogP contribution in [0.1, 0.15) is 15.9 Å². The van der Waals surface area contributed by atoms with Gasteiger partial charge in [0.05, 0.1) is 6.61 Å². The Morgan fingerprint density at radius 1 is 1.32 bits per heavy atom. The molecule has 0 fully saturated rings. The minimum absolute atomic E-state index is 0.0584. The Balaban J connectivity index is 1.96. The van der Waals surface area contributed by atoms with Crippen molar-refractivity contribution >= 4 is 11.6 Å². The number of benzene rings is 1. The lowest BCUT2D eigenvalue weighted by Crippen LogP contribution is -2.26. The quantitative estimate of drug-likeness (QED) is 0.632. The maximum atomic E-state index is 11.7. The number of carbonyl (C=O) groups is 1. The van der Waals surface area contributed by atoms with E-state index in [1.165, 1.54) is 0 Å². The van der Waals surface area contributed by atoms with Crippen molar-refractivity contribution in [1.82, 2.24) is 10.3 Å². The number of hydrogen-bond acceptors (Lipinski definition) is 3. The maximum Gasteiger partial charge on any atom is 0.251 e. The SMILES string of the molecule is O=C(NCCO)c1cccc(NCc2cc[nH]c2)c1. The average Bonchev–Trinajstić information content (AvgIpc) is 2.96. The summed E-state index contributed by atoms with van der Waals surface area (Å²) in [6.07, 6.45) is 3.79. The van der Waals surface area contributed by atoms with Crippen LogP contribution in [0.15, 0.2) is 42.7 Å². The number of H-pyrrole nitrogens is 1. The van der Waals surface area contributed by atoms with Crippen LogP contribution in [0.5, 0.6) is 0 Å². The topological polar surface area (TPSA) is 77.2 Å². The van der Waals surface area contributed by atoms with Crippen LogP contribution < -0.4 is 10.6 Å². The fourth-order valence-electron chi connectivity index (χ4n) is 1.71. The van der Waals surface area contributed by atoms with Gasteiger partial charge in [0.15, 0.2) is 0 Å². The summed E-state index contributed by atoms with van der Waals surface area (Å²) in [5.41, 5.74) is 2.61. The van der Waals surface area contributed by atoms with Crippen molar-refractivity contribution in [3.05, 3.63) is 53.9 Å². The predicted molar refractivity (Wildman–Crippen MR) is 74.0 cm³/mol. The van der Waals surface area contributed by atoms with Gasteiger partial charge in [0.25, 0.3) is 5.91 Å². The first kappa shape index (κ1) is 13.2. The molecule has 5 heteroatoms. The molecule has 0 spiro atoms. The zero-order chi connectivity index (χ0) is 13.5. The molecule has 4 N–H and O–H groups in total. The lowest BCUT2D eigenvalue weighted by atomic mass is 10.2. The van der Waals surface area contributed by atoms with Crippen molar-refractivity contribution in [2.24, 2.45) is 0 Å². The van der Waals surface area contributed by atoms with Crippen molar-refractivity contribution < 1.29 is 9.90 Å². The van der Waals surface area contributed by atoms with Gasteiger partial charge in [-0.2, -0.15) is 0 Å². The molecule has 0 aliphatic rings. The molecule has 100 valence electrons. The minimum Gasteiger partial charge on any atom is -0.395 e. The van der Waals surface area contributed by atoms with Gasteiger partial charge < -0.3 is 20.7 Å². The highest BCUT2D eigenvalue weighted by molar-refractivity contribution is 5.95. The van der Waals surface area contributed by atoms with Gasteiger partial charge in [-0.3, -0.25) is 4.79 Å². The summed E-state index contributed by atoms with van der Waals surface area (Å²) < 4.78 is 0. The summed E-state index contributed by atoms with van der Waals surface area (Å²) in [4.78, 5) is 14.7. The van der Waals surface area contributed by atoms with Crippen LogP contribution in [-0.2, 0) is 6.54 Å². The molecule has 0 unspecified atom stereocenters. The number of aliphatic hydroxyl groups excluding tert-OH is 1. The Morgan fingerprint density at radius 3 is 2.95 bits per heavy atom. The van der Waals surface area contributed by atoms with Crippen LogP contribution in [0.3, 0.4) is 0 Å². The maximum absolute atomic E-state index is 11.7. The second kappa shape index (κ2) is 6.61. The number of aliphatic hydroxyl groups is 1. The Hall–Kier alpha value is -2.27. The van der Waals surface area contributed by atoms with Crippen LogP contribution in [0.25, 0.3) is 0 Å². The molecule has 0 saturated heterocycles. The van der Waals surface area contributed by atoms with Crippen LogP contribution in [0.4, 0.5) is 5.69 Å². The van der Waals surface area contributed by atoms with Crippen LogP contribution in [0.2, 0.25) is 0 Å². The van der Waals surface area contributed by atoms with Crippen molar-refractivity contribution in [1.29, 1.82) is 0 Å². The molecule has 5 nitrogen and oxygen atoms in total. The molecule has 2 aromatic rings. The first-order chi connectivity index (χ1) is 9.29. The number of aromatic nitrogens is 1. The number of amides is 1. The fourth-order valence-corrected chi connectivity index (χ4v) is 1.71. The molecule has 1 aromatic heterocycles. The van der Waals surface area contributed by atoms with Crippen LogP contribution >= 0.6 is 0 Å². The second-order valence-corrected chi connectivity index (χ2v) is 4.13. The van der Waals surface area contributed by atoms with E-state index in [2.05, 4.69) is 15.6 Å². The third-order valence-corrected chi connectivity index (χ3v) is 2.68. The molecule has 1 amide bonds. The van der Waals surface area contributed by atoms with E-state index in [4.69, 9.17) is 5.11 Å². The van der Waals surface area contributed by atoms with Gasteiger partial charge in [0.2, 0.25) is 0 Å². The summed E-state index contributed by atoms with van der Waals surface area (Å²) >= 11 is 0. The van der Waals surface area contributed by atoms with E-state index in [9.17, 15) is 4.79 Å². The molecule has 19 heavy (non-hydrogen) atoms. The van der Waals surface area contributed by atoms with E-state index >= 15 is 0 Å². The molecule has 0 aliphatic carbocycles. The van der Waals surface area contributed by atoms with Gasteiger partial charge in [0, 0.05) is 36.7 Å². The zero-order valence-corrected chi connectivity index (χ0v) is 10.5. The molecule has 2 rings (SSSR count). The van der Waals surface area contributed by atoms with E-state index in [-0.39, 0.29) is 19.1 Å². The van der Waals surface area contributed by atoms with E-state index in [0.717, 1.165) is 11.3 Å². The highest BCUT2D eigenvalue weighted by Gasteiger charge is 2.05. The van der Waals surface area contributed by atoms with Gasteiger partial charge in [0.1, 0.15) is 0 Å². The molecule has 0 saturated carbocycles. The largest absolute Gasteiger partial charge is 0.395 e. The number of hydrogen-bond donors (Lipinski definition) is 4. The number of rotatable bonds is 6. The van der Waals surface area contributed by atoms with E-state index in [1.807, 2.05) is 30.6 Å². The van der Waals surface area contributed by atoms with Crippen LogP contribution in [-0.4, -0.2) is 29.1 Å². The summed E-state index contributed by atoms with van der Waals surface area (Å²) in [6, 6.07) is 9.27. The summed E-state index contributed by atoms with van der Waals surface area (Å²) in [6.45, 7) is 0.905. The van der Waals surface area contributed by atoms with Crippen molar-refractivity contribution in [3.8, 4) is 0 Å². The normalized spacial score (nSPS) is 10.2. The Labute approximate surface area is 111 Å². The summed E-state index contributed by atoms with van der Waals surface area (Å²) in [7, 11) is 0. The Morgan fingerprint density at radius 2 is 2.21 bits per heavy atom. The van der Waals surface area contributed by atoms with Gasteiger partial charge in [-0.15, -0.1) is 0 Å². The zero-order valence-electron chi connectivity index (χ0n) is 10.5. The summed E-state index contributed by atoms with van der Waals surface area (Å²) in [5.74, 6) is -0.181. The molecule has 1 aromatic carbocycles. The van der Waals surface area contributed by atoms with Gasteiger partial charge >= 0.3 is 0 Å². The third kappa shape index (κ3) is 3.86. The molecule has 0 atom stereocenters. The van der Waals surface area contributed by atoms with Crippen molar-refractivity contribution in [2.75, 3.05) is 18.5 Å². The number of nitrogens with one attached hydrogen (secondary N) is 3. The number of anilines is 1.